The summed E-state index contributed by atoms with van der Waals surface area (Å²) < 4.78 is 14.3. The van der Waals surface area contributed by atoms with E-state index in [1.165, 1.54) is 17.1 Å². The van der Waals surface area contributed by atoms with Gasteiger partial charge in [0.05, 0.1) is 23.5 Å². The van der Waals surface area contributed by atoms with Crippen LogP contribution in [0.15, 0.2) is 29.8 Å². The van der Waals surface area contributed by atoms with Crippen LogP contribution >= 0.6 is 0 Å². The number of halogens is 1. The fourth-order valence-electron chi connectivity index (χ4n) is 1.54. The van der Waals surface area contributed by atoms with Crippen molar-refractivity contribution in [3.8, 4) is 0 Å². The number of nitrogens with one attached hydrogen (secondary N) is 1. The van der Waals surface area contributed by atoms with Crippen molar-refractivity contribution in [3.05, 3.63) is 41.6 Å². The second-order valence-corrected chi connectivity index (χ2v) is 3.86. The largest absolute Gasteiger partial charge is 0.409 e. The standard InChI is InChI=1S/C11H11FN6O2/c1-18-10(8(5-15-18)9(13)17-20)16-11(19)6-2-7(12)4-14-3-6/h2-5,20H,1H3,(H2,13,17)(H,16,19). The Bertz CT molecular complexity index is 681. The van der Waals surface area contributed by atoms with Crippen LogP contribution in [0, 0.1) is 5.82 Å². The predicted octanol–water partition coefficient (Wildman–Crippen LogP) is 0.301. The van der Waals surface area contributed by atoms with Crippen LogP contribution in [0.2, 0.25) is 0 Å². The maximum absolute atomic E-state index is 13.0. The van der Waals surface area contributed by atoms with Crippen LogP contribution in [0.3, 0.4) is 0 Å². The van der Waals surface area contributed by atoms with Crippen LogP contribution in [0.5, 0.6) is 0 Å². The van der Waals surface area contributed by atoms with Gasteiger partial charge in [0.25, 0.3) is 5.91 Å². The minimum Gasteiger partial charge on any atom is -0.409 e. The number of anilines is 1. The molecule has 2 heterocycles. The number of nitrogens with zero attached hydrogens (tertiary/aromatic N) is 4. The first-order valence-electron chi connectivity index (χ1n) is 5.44. The Kier molecular flexibility index (Phi) is 3.60. The molecule has 20 heavy (non-hydrogen) atoms. The van der Waals surface area contributed by atoms with Crippen molar-refractivity contribution in [2.75, 3.05) is 5.32 Å². The highest BCUT2D eigenvalue weighted by atomic mass is 19.1. The average molecular weight is 278 g/mol. The van der Waals surface area contributed by atoms with Gasteiger partial charge in [0.2, 0.25) is 0 Å². The molecule has 0 saturated carbocycles. The molecule has 0 atom stereocenters. The number of oxime groups is 1. The SMILES string of the molecule is Cn1ncc(/C(N)=N/O)c1NC(=O)c1cncc(F)c1. The summed E-state index contributed by atoms with van der Waals surface area (Å²) in [5.41, 5.74) is 5.75. The molecule has 0 spiro atoms. The maximum Gasteiger partial charge on any atom is 0.258 e. The first-order valence-corrected chi connectivity index (χ1v) is 5.44. The Morgan fingerprint density at radius 2 is 2.25 bits per heavy atom. The van der Waals surface area contributed by atoms with Gasteiger partial charge in [-0.15, -0.1) is 0 Å². The number of amides is 1. The smallest absolute Gasteiger partial charge is 0.258 e. The van der Waals surface area contributed by atoms with Gasteiger partial charge in [0, 0.05) is 13.2 Å². The summed E-state index contributed by atoms with van der Waals surface area (Å²) in [4.78, 5) is 15.6. The van der Waals surface area contributed by atoms with Gasteiger partial charge in [-0.1, -0.05) is 5.16 Å². The molecule has 0 aliphatic carbocycles. The molecule has 8 nitrogen and oxygen atoms in total. The normalized spacial score (nSPS) is 11.4. The summed E-state index contributed by atoms with van der Waals surface area (Å²) in [6, 6.07) is 1.04. The second-order valence-electron chi connectivity index (χ2n) is 3.86. The number of aryl methyl sites for hydroxylation is 1. The first kappa shape index (κ1) is 13.5. The molecule has 0 fully saturated rings. The Balaban J connectivity index is 2.31. The second kappa shape index (κ2) is 5.34. The molecule has 0 unspecified atom stereocenters. The van der Waals surface area contributed by atoms with Gasteiger partial charge in [-0.05, 0) is 6.07 Å². The van der Waals surface area contributed by atoms with E-state index < -0.39 is 11.7 Å². The third-order valence-corrected chi connectivity index (χ3v) is 2.52. The van der Waals surface area contributed by atoms with Crippen molar-refractivity contribution in [2.45, 2.75) is 0 Å². The van der Waals surface area contributed by atoms with E-state index in [2.05, 4.69) is 20.6 Å². The van der Waals surface area contributed by atoms with E-state index in [1.807, 2.05) is 0 Å². The molecule has 0 saturated heterocycles. The zero-order valence-corrected chi connectivity index (χ0v) is 10.4. The van der Waals surface area contributed by atoms with Crippen molar-refractivity contribution in [2.24, 2.45) is 17.9 Å². The third kappa shape index (κ3) is 2.55. The van der Waals surface area contributed by atoms with Crippen molar-refractivity contribution < 1.29 is 14.4 Å². The molecule has 104 valence electrons. The van der Waals surface area contributed by atoms with Crippen molar-refractivity contribution in [1.29, 1.82) is 0 Å². The van der Waals surface area contributed by atoms with E-state index in [-0.39, 0.29) is 22.8 Å². The lowest BCUT2D eigenvalue weighted by Gasteiger charge is -2.07. The van der Waals surface area contributed by atoms with Gasteiger partial charge >= 0.3 is 0 Å². The Morgan fingerprint density at radius 1 is 1.50 bits per heavy atom. The maximum atomic E-state index is 13.0. The Labute approximate surface area is 112 Å². The topological polar surface area (TPSA) is 118 Å². The number of hydrogen-bond donors (Lipinski definition) is 3. The summed E-state index contributed by atoms with van der Waals surface area (Å²) in [6.07, 6.45) is 3.54. The number of nitrogens with two attached hydrogens (primary N) is 1. The van der Waals surface area contributed by atoms with Crippen LogP contribution in [-0.2, 0) is 7.05 Å². The molecule has 2 aromatic rings. The monoisotopic (exact) mass is 278 g/mol. The zero-order chi connectivity index (χ0) is 14.7. The molecule has 0 aromatic carbocycles. The number of carbonyl (C=O) groups is 1. The van der Waals surface area contributed by atoms with Crippen LogP contribution in [0.1, 0.15) is 15.9 Å². The predicted molar refractivity (Wildman–Crippen MR) is 67.9 cm³/mol. The lowest BCUT2D eigenvalue weighted by atomic mass is 10.2. The lowest BCUT2D eigenvalue weighted by Crippen LogP contribution is -2.20. The summed E-state index contributed by atoms with van der Waals surface area (Å²) in [5, 5.41) is 17.9. The molecule has 2 rings (SSSR count). The van der Waals surface area contributed by atoms with E-state index in [1.54, 1.807) is 7.05 Å². The minimum absolute atomic E-state index is 0.0386. The van der Waals surface area contributed by atoms with E-state index in [9.17, 15) is 9.18 Å². The van der Waals surface area contributed by atoms with Crippen molar-refractivity contribution in [1.82, 2.24) is 14.8 Å². The molecule has 4 N–H and O–H groups in total. The summed E-state index contributed by atoms with van der Waals surface area (Å²) in [5.74, 6) is -1.20. The van der Waals surface area contributed by atoms with Gasteiger partial charge < -0.3 is 16.3 Å². The average Bonchev–Trinajstić information content (AvgIpc) is 2.79. The highest BCUT2D eigenvalue weighted by Gasteiger charge is 2.16. The van der Waals surface area contributed by atoms with Crippen LogP contribution in [0.4, 0.5) is 10.2 Å². The Hall–Kier alpha value is -2.97. The molecule has 1 amide bonds. The molecule has 0 bridgehead atoms. The van der Waals surface area contributed by atoms with Gasteiger partial charge in [0.1, 0.15) is 11.6 Å². The number of pyridine rings is 1. The van der Waals surface area contributed by atoms with E-state index >= 15 is 0 Å². The van der Waals surface area contributed by atoms with Gasteiger partial charge in [-0.25, -0.2) is 4.39 Å². The lowest BCUT2D eigenvalue weighted by molar-refractivity contribution is 0.102. The van der Waals surface area contributed by atoms with Crippen molar-refractivity contribution in [3.63, 3.8) is 0 Å². The Morgan fingerprint density at radius 3 is 2.90 bits per heavy atom. The van der Waals surface area contributed by atoms with Crippen LogP contribution in [0.25, 0.3) is 0 Å². The molecule has 0 aliphatic rings. The van der Waals surface area contributed by atoms with Gasteiger partial charge in [-0.2, -0.15) is 5.10 Å². The molecule has 0 radical (unpaired) electrons. The first-order chi connectivity index (χ1) is 9.52. The quantitative estimate of drug-likeness (QED) is 0.323. The number of amidine groups is 1. The van der Waals surface area contributed by atoms with Crippen LogP contribution in [-0.4, -0.2) is 31.7 Å². The number of hydrogen-bond acceptors (Lipinski definition) is 5. The molecule has 0 aliphatic heterocycles. The summed E-state index contributed by atoms with van der Waals surface area (Å²) in [6.45, 7) is 0. The van der Waals surface area contributed by atoms with Gasteiger partial charge in [0.15, 0.2) is 5.84 Å². The highest BCUT2D eigenvalue weighted by molar-refractivity contribution is 6.08. The number of aromatic nitrogens is 3. The number of carbonyl (C=O) groups excluding carboxylic acids is 1. The molecule has 9 heteroatoms. The highest BCUT2D eigenvalue weighted by Crippen LogP contribution is 2.15. The zero-order valence-electron chi connectivity index (χ0n) is 10.4. The summed E-state index contributed by atoms with van der Waals surface area (Å²) >= 11 is 0. The van der Waals surface area contributed by atoms with E-state index in [0.29, 0.717) is 0 Å². The van der Waals surface area contributed by atoms with Crippen molar-refractivity contribution >= 4 is 17.6 Å². The summed E-state index contributed by atoms with van der Waals surface area (Å²) in [7, 11) is 1.56. The van der Waals surface area contributed by atoms with E-state index in [4.69, 9.17) is 10.9 Å². The molecule has 2 aromatic heterocycles. The van der Waals surface area contributed by atoms with Crippen LogP contribution < -0.4 is 11.1 Å². The van der Waals surface area contributed by atoms with Gasteiger partial charge in [-0.3, -0.25) is 14.5 Å². The fourth-order valence-corrected chi connectivity index (χ4v) is 1.54. The minimum atomic E-state index is -0.626. The third-order valence-electron chi connectivity index (χ3n) is 2.52. The fraction of sp³-hybridized carbons (Fsp3) is 0.0909. The number of rotatable bonds is 3. The van der Waals surface area contributed by atoms with E-state index in [0.717, 1.165) is 12.3 Å². The molecular formula is C11H11FN6O2. The molecular weight excluding hydrogens is 267 g/mol.